The van der Waals surface area contributed by atoms with Gasteiger partial charge in [-0.15, -0.1) is 0 Å². The molecule has 1 N–H and O–H groups in total. The topological polar surface area (TPSA) is 84.9 Å². The van der Waals surface area contributed by atoms with Gasteiger partial charge >= 0.3 is 12.1 Å². The molecule has 0 aromatic heterocycles. The van der Waals surface area contributed by atoms with Crippen LogP contribution in [0.25, 0.3) is 0 Å². The van der Waals surface area contributed by atoms with Crippen molar-refractivity contribution in [2.45, 2.75) is 39.4 Å². The molecule has 0 fully saturated rings. The molecule has 0 aliphatic carbocycles. The second-order valence-corrected chi connectivity index (χ2v) is 7.48. The zero-order valence-corrected chi connectivity index (χ0v) is 17.3. The molecule has 7 nitrogen and oxygen atoms in total. The van der Waals surface area contributed by atoms with Gasteiger partial charge in [0.2, 0.25) is 0 Å². The molecule has 0 saturated heterocycles. The van der Waals surface area contributed by atoms with Crippen molar-refractivity contribution in [3.8, 4) is 0 Å². The van der Waals surface area contributed by atoms with Crippen LogP contribution in [0, 0.1) is 0 Å². The summed E-state index contributed by atoms with van der Waals surface area (Å²) in [6.45, 7) is 6.83. The van der Waals surface area contributed by atoms with E-state index in [1.54, 1.807) is 52.1 Å². The Morgan fingerprint density at radius 2 is 1.55 bits per heavy atom. The molecule has 2 rings (SSSR count). The van der Waals surface area contributed by atoms with Gasteiger partial charge < -0.3 is 14.4 Å². The quantitative estimate of drug-likeness (QED) is 0.762. The first kappa shape index (κ1) is 21.9. The fourth-order valence-corrected chi connectivity index (χ4v) is 2.44. The van der Waals surface area contributed by atoms with Crippen molar-refractivity contribution in [3.63, 3.8) is 0 Å². The summed E-state index contributed by atoms with van der Waals surface area (Å²) in [4.78, 5) is 38.0. The predicted octanol–water partition coefficient (Wildman–Crippen LogP) is 4.24. The van der Waals surface area contributed by atoms with Gasteiger partial charge in [-0.2, -0.15) is 0 Å². The molecule has 154 valence electrons. The van der Waals surface area contributed by atoms with Crippen LogP contribution in [0.2, 0.25) is 0 Å². The molecule has 2 amide bonds. The standard InChI is InChI=1S/C22H26N2O5/c1-15(19(25)24(5)18-9-7-6-8-10-18)28-20(26)16-11-13-17(14-12-16)23-21(27)29-22(2,3)4/h6-15H,1-5H3,(H,23,27)/t15-/m1/s1. The average Bonchev–Trinajstić information content (AvgIpc) is 2.66. The van der Waals surface area contributed by atoms with Crippen LogP contribution in [0.3, 0.4) is 0 Å². The van der Waals surface area contributed by atoms with E-state index in [0.29, 0.717) is 11.4 Å². The van der Waals surface area contributed by atoms with E-state index in [0.717, 1.165) is 0 Å². The van der Waals surface area contributed by atoms with Crippen LogP contribution in [0.15, 0.2) is 54.6 Å². The lowest BCUT2D eigenvalue weighted by Crippen LogP contribution is -2.37. The first-order chi connectivity index (χ1) is 13.6. The van der Waals surface area contributed by atoms with E-state index >= 15 is 0 Å². The third kappa shape index (κ3) is 6.64. The maximum Gasteiger partial charge on any atom is 0.412 e. The van der Waals surface area contributed by atoms with Crippen LogP contribution in [0.5, 0.6) is 0 Å². The molecule has 2 aromatic carbocycles. The number of esters is 1. The van der Waals surface area contributed by atoms with Gasteiger partial charge in [-0.3, -0.25) is 10.1 Å². The van der Waals surface area contributed by atoms with Crippen molar-refractivity contribution in [3.05, 3.63) is 60.2 Å². The predicted molar refractivity (Wildman–Crippen MR) is 111 cm³/mol. The van der Waals surface area contributed by atoms with Gasteiger partial charge in [0.15, 0.2) is 6.10 Å². The van der Waals surface area contributed by atoms with Crippen molar-refractivity contribution in [1.82, 2.24) is 0 Å². The number of hydrogen-bond donors (Lipinski definition) is 1. The monoisotopic (exact) mass is 398 g/mol. The van der Waals surface area contributed by atoms with Crippen LogP contribution in [-0.4, -0.2) is 36.7 Å². The molecule has 0 heterocycles. The summed E-state index contributed by atoms with van der Waals surface area (Å²) in [6, 6.07) is 15.2. The Balaban J connectivity index is 1.94. The third-order valence-electron chi connectivity index (χ3n) is 3.87. The Labute approximate surface area is 170 Å². The summed E-state index contributed by atoms with van der Waals surface area (Å²) < 4.78 is 10.5. The van der Waals surface area contributed by atoms with Crippen LogP contribution in [-0.2, 0) is 14.3 Å². The molecule has 29 heavy (non-hydrogen) atoms. The van der Waals surface area contributed by atoms with E-state index in [9.17, 15) is 14.4 Å². The number of carbonyl (C=O) groups excluding carboxylic acids is 3. The number of benzene rings is 2. The highest BCUT2D eigenvalue weighted by atomic mass is 16.6. The Morgan fingerprint density at radius 1 is 0.966 bits per heavy atom. The number of para-hydroxylation sites is 1. The zero-order chi connectivity index (χ0) is 21.6. The largest absolute Gasteiger partial charge is 0.449 e. The number of amides is 2. The molecule has 0 bridgehead atoms. The van der Waals surface area contributed by atoms with Crippen LogP contribution < -0.4 is 10.2 Å². The average molecular weight is 398 g/mol. The summed E-state index contributed by atoms with van der Waals surface area (Å²) in [5.41, 5.74) is 0.840. The van der Waals surface area contributed by atoms with Gasteiger partial charge in [0, 0.05) is 18.4 Å². The molecule has 2 aromatic rings. The van der Waals surface area contributed by atoms with Gasteiger partial charge in [-0.1, -0.05) is 18.2 Å². The van der Waals surface area contributed by atoms with Gasteiger partial charge in [-0.25, -0.2) is 9.59 Å². The van der Waals surface area contributed by atoms with Gasteiger partial charge in [0.1, 0.15) is 5.60 Å². The fraction of sp³-hybridized carbons (Fsp3) is 0.318. The van der Waals surface area contributed by atoms with Gasteiger partial charge in [0.25, 0.3) is 5.91 Å². The minimum atomic E-state index is -0.952. The molecule has 0 aliphatic heterocycles. The molecule has 0 radical (unpaired) electrons. The molecule has 1 atom stereocenters. The van der Waals surface area contributed by atoms with E-state index in [-0.39, 0.29) is 11.5 Å². The Hall–Kier alpha value is -3.35. The molecule has 0 saturated carbocycles. The highest BCUT2D eigenvalue weighted by Gasteiger charge is 2.23. The summed E-state index contributed by atoms with van der Waals surface area (Å²) in [5, 5.41) is 2.58. The highest BCUT2D eigenvalue weighted by Crippen LogP contribution is 2.16. The summed E-state index contributed by atoms with van der Waals surface area (Å²) in [7, 11) is 1.62. The highest BCUT2D eigenvalue weighted by molar-refractivity contribution is 5.98. The normalized spacial score (nSPS) is 11.9. The lowest BCUT2D eigenvalue weighted by atomic mass is 10.2. The number of ether oxygens (including phenoxy) is 2. The molecule has 0 spiro atoms. The maximum atomic E-state index is 12.5. The van der Waals surface area contributed by atoms with Gasteiger partial charge in [-0.05, 0) is 64.1 Å². The summed E-state index contributed by atoms with van der Waals surface area (Å²) >= 11 is 0. The van der Waals surface area contributed by atoms with Crippen molar-refractivity contribution in [2.24, 2.45) is 0 Å². The van der Waals surface area contributed by atoms with E-state index in [4.69, 9.17) is 9.47 Å². The SMILES string of the molecule is C[C@@H](OC(=O)c1ccc(NC(=O)OC(C)(C)C)cc1)C(=O)N(C)c1ccccc1. The van der Waals surface area contributed by atoms with Crippen molar-refractivity contribution >= 4 is 29.3 Å². The second kappa shape index (κ2) is 9.23. The van der Waals surface area contributed by atoms with Crippen LogP contribution in [0.1, 0.15) is 38.1 Å². The van der Waals surface area contributed by atoms with Crippen molar-refractivity contribution in [1.29, 1.82) is 0 Å². The molecule has 7 heteroatoms. The number of anilines is 2. The molecule has 0 aliphatic rings. The zero-order valence-electron chi connectivity index (χ0n) is 17.3. The van der Waals surface area contributed by atoms with E-state index in [2.05, 4.69) is 5.32 Å². The lowest BCUT2D eigenvalue weighted by molar-refractivity contribution is -0.126. The van der Waals surface area contributed by atoms with Crippen LogP contribution >= 0.6 is 0 Å². The van der Waals surface area contributed by atoms with E-state index < -0.39 is 23.8 Å². The Morgan fingerprint density at radius 3 is 2.10 bits per heavy atom. The summed E-state index contributed by atoms with van der Waals surface area (Å²) in [5.74, 6) is -0.969. The van der Waals surface area contributed by atoms with Gasteiger partial charge in [0.05, 0.1) is 5.56 Å². The first-order valence-corrected chi connectivity index (χ1v) is 9.20. The summed E-state index contributed by atoms with van der Waals surface area (Å²) in [6.07, 6.45) is -1.54. The van der Waals surface area contributed by atoms with Crippen molar-refractivity contribution < 1.29 is 23.9 Å². The number of rotatable bonds is 5. The van der Waals surface area contributed by atoms with Crippen LogP contribution in [0.4, 0.5) is 16.2 Å². The Kier molecular flexibility index (Phi) is 6.98. The van der Waals surface area contributed by atoms with E-state index in [1.165, 1.54) is 24.0 Å². The number of likely N-dealkylation sites (N-methyl/N-ethyl adjacent to an activating group) is 1. The lowest BCUT2D eigenvalue weighted by Gasteiger charge is -2.21. The molecular weight excluding hydrogens is 372 g/mol. The first-order valence-electron chi connectivity index (χ1n) is 9.20. The maximum absolute atomic E-state index is 12.5. The molecular formula is C22H26N2O5. The minimum absolute atomic E-state index is 0.266. The second-order valence-electron chi connectivity index (χ2n) is 7.48. The number of hydrogen-bond acceptors (Lipinski definition) is 5. The van der Waals surface area contributed by atoms with Crippen molar-refractivity contribution in [2.75, 3.05) is 17.3 Å². The number of nitrogens with one attached hydrogen (secondary N) is 1. The Bertz CT molecular complexity index is 857. The smallest absolute Gasteiger partial charge is 0.412 e. The number of carbonyl (C=O) groups is 3. The van der Waals surface area contributed by atoms with E-state index in [1.807, 2.05) is 18.2 Å². The molecule has 0 unspecified atom stereocenters. The number of nitrogens with zero attached hydrogens (tertiary/aromatic N) is 1. The third-order valence-corrected chi connectivity index (χ3v) is 3.87. The fourth-order valence-electron chi connectivity index (χ4n) is 2.44. The minimum Gasteiger partial charge on any atom is -0.449 e.